The van der Waals surface area contributed by atoms with Crippen LogP contribution in [0.2, 0.25) is 0 Å². The molecule has 2 aromatic carbocycles. The third kappa shape index (κ3) is 2.56. The summed E-state index contributed by atoms with van der Waals surface area (Å²) in [4.78, 5) is 8.20. The van der Waals surface area contributed by atoms with Crippen LogP contribution in [0.15, 0.2) is 48.8 Å². The van der Waals surface area contributed by atoms with E-state index >= 15 is 0 Å². The van der Waals surface area contributed by atoms with E-state index in [4.69, 9.17) is 10.6 Å². The SMILES string of the molecule is COc1c(NN)ncnc1Nc1ccc2ccccc2c1. The number of nitrogens with two attached hydrogens (primary N) is 1. The second-order valence-corrected chi connectivity index (χ2v) is 4.44. The van der Waals surface area contributed by atoms with Gasteiger partial charge in [0, 0.05) is 5.69 Å². The van der Waals surface area contributed by atoms with E-state index in [1.165, 1.54) is 11.7 Å². The Morgan fingerprint density at radius 2 is 1.76 bits per heavy atom. The number of hydrogen-bond donors (Lipinski definition) is 3. The fraction of sp³-hybridized carbons (Fsp3) is 0.0667. The molecule has 1 heterocycles. The second-order valence-electron chi connectivity index (χ2n) is 4.44. The number of nitrogen functional groups attached to an aromatic ring is 1. The van der Waals surface area contributed by atoms with Gasteiger partial charge in [-0.25, -0.2) is 15.8 Å². The van der Waals surface area contributed by atoms with Crippen molar-refractivity contribution < 1.29 is 4.74 Å². The third-order valence-electron chi connectivity index (χ3n) is 3.16. The Hall–Kier alpha value is -2.86. The minimum atomic E-state index is 0.427. The molecule has 0 bridgehead atoms. The highest BCUT2D eigenvalue weighted by atomic mass is 16.5. The van der Waals surface area contributed by atoms with E-state index in [9.17, 15) is 0 Å². The minimum Gasteiger partial charge on any atom is -0.490 e. The number of ether oxygens (including phenoxy) is 1. The summed E-state index contributed by atoms with van der Waals surface area (Å²) in [5.41, 5.74) is 3.40. The first-order valence-electron chi connectivity index (χ1n) is 6.43. The predicted molar refractivity (Wildman–Crippen MR) is 83.6 cm³/mol. The summed E-state index contributed by atoms with van der Waals surface area (Å²) in [6.07, 6.45) is 1.42. The van der Waals surface area contributed by atoms with Crippen LogP contribution in [-0.4, -0.2) is 17.1 Å². The molecular formula is C15H15N5O. The van der Waals surface area contributed by atoms with Crippen LogP contribution in [-0.2, 0) is 0 Å². The van der Waals surface area contributed by atoms with Crippen molar-refractivity contribution in [3.05, 3.63) is 48.8 Å². The molecule has 0 fully saturated rings. The molecule has 3 aromatic rings. The quantitative estimate of drug-likeness (QED) is 0.503. The summed E-state index contributed by atoms with van der Waals surface area (Å²) in [7, 11) is 1.55. The molecule has 4 N–H and O–H groups in total. The van der Waals surface area contributed by atoms with Gasteiger partial charge in [0.05, 0.1) is 7.11 Å². The Morgan fingerprint density at radius 1 is 1.00 bits per heavy atom. The molecule has 1 aromatic heterocycles. The van der Waals surface area contributed by atoms with Gasteiger partial charge in [-0.1, -0.05) is 30.3 Å². The van der Waals surface area contributed by atoms with Crippen molar-refractivity contribution in [2.75, 3.05) is 17.9 Å². The largest absolute Gasteiger partial charge is 0.490 e. The predicted octanol–water partition coefficient (Wildman–Crippen LogP) is 2.67. The Morgan fingerprint density at radius 3 is 2.52 bits per heavy atom. The smallest absolute Gasteiger partial charge is 0.205 e. The lowest BCUT2D eigenvalue weighted by Crippen LogP contribution is -2.11. The molecule has 0 atom stereocenters. The fourth-order valence-electron chi connectivity index (χ4n) is 2.16. The molecule has 0 aliphatic heterocycles. The average Bonchev–Trinajstić information content (AvgIpc) is 2.54. The van der Waals surface area contributed by atoms with Gasteiger partial charge in [-0.15, -0.1) is 0 Å². The van der Waals surface area contributed by atoms with Crippen LogP contribution in [0.5, 0.6) is 5.75 Å². The van der Waals surface area contributed by atoms with Gasteiger partial charge < -0.3 is 15.5 Å². The molecule has 21 heavy (non-hydrogen) atoms. The van der Waals surface area contributed by atoms with Crippen LogP contribution in [0.4, 0.5) is 17.3 Å². The Labute approximate surface area is 121 Å². The van der Waals surface area contributed by atoms with Crippen molar-refractivity contribution in [1.29, 1.82) is 0 Å². The molecule has 6 heteroatoms. The number of anilines is 3. The van der Waals surface area contributed by atoms with E-state index in [1.807, 2.05) is 30.3 Å². The molecular weight excluding hydrogens is 266 g/mol. The Kier molecular flexibility index (Phi) is 3.53. The highest BCUT2D eigenvalue weighted by Crippen LogP contribution is 2.31. The van der Waals surface area contributed by atoms with Crippen LogP contribution in [0, 0.1) is 0 Å². The number of aromatic nitrogens is 2. The van der Waals surface area contributed by atoms with Crippen LogP contribution in [0.3, 0.4) is 0 Å². The van der Waals surface area contributed by atoms with Gasteiger partial charge in [-0.05, 0) is 22.9 Å². The van der Waals surface area contributed by atoms with Crippen LogP contribution in [0.1, 0.15) is 0 Å². The van der Waals surface area contributed by atoms with Crippen molar-refractivity contribution in [3.63, 3.8) is 0 Å². The number of nitrogens with one attached hydrogen (secondary N) is 2. The summed E-state index contributed by atoms with van der Waals surface area (Å²) in [6.45, 7) is 0. The molecule has 0 saturated carbocycles. The first-order chi connectivity index (χ1) is 10.3. The van der Waals surface area contributed by atoms with Gasteiger partial charge in [0.25, 0.3) is 0 Å². The summed E-state index contributed by atoms with van der Waals surface area (Å²) in [5.74, 6) is 6.86. The van der Waals surface area contributed by atoms with Crippen molar-refractivity contribution in [2.45, 2.75) is 0 Å². The number of fused-ring (bicyclic) bond motifs is 1. The number of benzene rings is 2. The van der Waals surface area contributed by atoms with Crippen molar-refractivity contribution in [3.8, 4) is 5.75 Å². The van der Waals surface area contributed by atoms with Crippen molar-refractivity contribution >= 4 is 28.1 Å². The third-order valence-corrected chi connectivity index (χ3v) is 3.16. The maximum atomic E-state index is 5.41. The van der Waals surface area contributed by atoms with Crippen molar-refractivity contribution in [2.24, 2.45) is 5.84 Å². The highest BCUT2D eigenvalue weighted by molar-refractivity contribution is 5.86. The van der Waals surface area contributed by atoms with Gasteiger partial charge in [-0.2, -0.15) is 0 Å². The first-order valence-corrected chi connectivity index (χ1v) is 6.43. The monoisotopic (exact) mass is 281 g/mol. The fourth-order valence-corrected chi connectivity index (χ4v) is 2.16. The van der Waals surface area contributed by atoms with E-state index < -0.39 is 0 Å². The maximum absolute atomic E-state index is 5.41. The molecule has 6 nitrogen and oxygen atoms in total. The van der Waals surface area contributed by atoms with E-state index in [0.29, 0.717) is 17.4 Å². The lowest BCUT2D eigenvalue weighted by Gasteiger charge is -2.12. The number of methoxy groups -OCH3 is 1. The zero-order chi connectivity index (χ0) is 14.7. The Bertz CT molecular complexity index is 775. The normalized spacial score (nSPS) is 10.4. The zero-order valence-corrected chi connectivity index (χ0v) is 11.5. The van der Waals surface area contributed by atoms with Gasteiger partial charge in [-0.3, -0.25) is 0 Å². The number of hydrazine groups is 1. The highest BCUT2D eigenvalue weighted by Gasteiger charge is 2.11. The Balaban J connectivity index is 1.98. The second kappa shape index (κ2) is 5.64. The number of hydrogen-bond acceptors (Lipinski definition) is 6. The number of nitrogens with zero attached hydrogens (tertiary/aromatic N) is 2. The summed E-state index contributed by atoms with van der Waals surface area (Å²) < 4.78 is 5.30. The minimum absolute atomic E-state index is 0.427. The van der Waals surface area contributed by atoms with E-state index in [-0.39, 0.29) is 0 Å². The first kappa shape index (κ1) is 13.1. The zero-order valence-electron chi connectivity index (χ0n) is 11.5. The van der Waals surface area contributed by atoms with Crippen molar-refractivity contribution in [1.82, 2.24) is 9.97 Å². The van der Waals surface area contributed by atoms with Crippen LogP contribution in [0.25, 0.3) is 10.8 Å². The molecule has 0 amide bonds. The molecule has 0 aliphatic rings. The average molecular weight is 281 g/mol. The van der Waals surface area contributed by atoms with Gasteiger partial charge in [0.15, 0.2) is 11.6 Å². The molecule has 0 unspecified atom stereocenters. The molecule has 0 spiro atoms. The summed E-state index contributed by atoms with van der Waals surface area (Å²) in [6, 6.07) is 14.2. The van der Waals surface area contributed by atoms with E-state index in [2.05, 4.69) is 32.8 Å². The van der Waals surface area contributed by atoms with Gasteiger partial charge in [0.2, 0.25) is 5.75 Å². The lowest BCUT2D eigenvalue weighted by molar-refractivity contribution is 0.415. The molecule has 106 valence electrons. The number of rotatable bonds is 4. The maximum Gasteiger partial charge on any atom is 0.205 e. The summed E-state index contributed by atoms with van der Waals surface area (Å²) >= 11 is 0. The van der Waals surface area contributed by atoms with Gasteiger partial charge in [0.1, 0.15) is 6.33 Å². The molecule has 3 rings (SSSR count). The van der Waals surface area contributed by atoms with E-state index in [1.54, 1.807) is 7.11 Å². The van der Waals surface area contributed by atoms with Crippen LogP contribution < -0.4 is 21.3 Å². The standard InChI is InChI=1S/C15H15N5O/c1-21-13-14(17-9-18-15(13)20-16)19-12-7-6-10-4-2-3-5-11(10)8-12/h2-9H,16H2,1H3,(H2,17,18,19,20). The topological polar surface area (TPSA) is 85.1 Å². The summed E-state index contributed by atoms with van der Waals surface area (Å²) in [5, 5.41) is 5.55. The molecule has 0 radical (unpaired) electrons. The molecule has 0 saturated heterocycles. The lowest BCUT2D eigenvalue weighted by atomic mass is 10.1. The van der Waals surface area contributed by atoms with E-state index in [0.717, 1.165) is 11.1 Å². The van der Waals surface area contributed by atoms with Gasteiger partial charge >= 0.3 is 0 Å². The van der Waals surface area contributed by atoms with Crippen LogP contribution >= 0.6 is 0 Å². The molecule has 0 aliphatic carbocycles.